The van der Waals surface area contributed by atoms with E-state index in [1.165, 1.54) is 12.0 Å². The standard InChI is InChI=1S/C29H29N5O3.C25H24N2O/c1-28(2,3)34(27(35)36)29(14-7-15-29)21-12-10-20(11-13-21)25-22(19-8-5-4-6-9-19)16-23-26(31-25)37-17-24-32-30-18-33(23)24;26-25(14-5-15-25)19-12-10-18(11-13-19)24-20(17-6-2-1-3-7-17)16-21-22(27-24)8-4-9-23(21)28/h4-6,8-13,16,18H,7,14-15,17H2,1-3H3,(H,35,36);1-3,6-7,10-13,16H,4-5,8-9,14-15,26H2. The smallest absolute Gasteiger partial charge is 0.408 e. The molecule has 3 aromatic heterocycles. The second-order valence-electron chi connectivity index (χ2n) is 18.8. The summed E-state index contributed by atoms with van der Waals surface area (Å²) in [5.41, 5.74) is 18.0. The van der Waals surface area contributed by atoms with Crippen molar-refractivity contribution < 1.29 is 19.4 Å². The Bertz CT molecular complexity index is 2900. The Morgan fingerprint density at radius 3 is 1.85 bits per heavy atom. The highest BCUT2D eigenvalue weighted by atomic mass is 16.5. The maximum absolute atomic E-state index is 12.5. The first kappa shape index (κ1) is 42.0. The largest absolute Gasteiger partial charge is 0.468 e. The lowest BCUT2D eigenvalue weighted by Crippen LogP contribution is -2.60. The molecule has 4 heterocycles. The average molecular weight is 864 g/mol. The quantitative estimate of drug-likeness (QED) is 0.160. The van der Waals surface area contributed by atoms with Gasteiger partial charge in [-0.1, -0.05) is 109 Å². The first-order valence-corrected chi connectivity index (χ1v) is 22.7. The van der Waals surface area contributed by atoms with Crippen molar-refractivity contribution in [3.05, 3.63) is 156 Å². The fourth-order valence-corrected chi connectivity index (χ4v) is 10.1. The number of fused-ring (bicyclic) bond motifs is 4. The number of amides is 1. The zero-order valence-corrected chi connectivity index (χ0v) is 37.1. The molecule has 3 N–H and O–H groups in total. The maximum Gasteiger partial charge on any atom is 0.408 e. The van der Waals surface area contributed by atoms with Crippen LogP contribution >= 0.6 is 0 Å². The number of hydrogen-bond donors (Lipinski definition) is 2. The topological polar surface area (TPSA) is 149 Å². The number of rotatable bonds is 7. The van der Waals surface area contributed by atoms with Gasteiger partial charge in [-0.2, -0.15) is 0 Å². The minimum absolute atomic E-state index is 0.156. The number of nitrogens with zero attached hydrogens (tertiary/aromatic N) is 6. The summed E-state index contributed by atoms with van der Waals surface area (Å²) in [7, 11) is 0. The first-order chi connectivity index (χ1) is 31.4. The van der Waals surface area contributed by atoms with Gasteiger partial charge in [-0.15, -0.1) is 10.2 Å². The normalized spacial score (nSPS) is 16.5. The monoisotopic (exact) mass is 863 g/mol. The molecular weight excluding hydrogens is 811 g/mol. The van der Waals surface area contributed by atoms with Crippen LogP contribution in [0.2, 0.25) is 0 Å². The summed E-state index contributed by atoms with van der Waals surface area (Å²) < 4.78 is 7.87. The van der Waals surface area contributed by atoms with Crippen LogP contribution in [0.4, 0.5) is 4.79 Å². The third-order valence-electron chi connectivity index (χ3n) is 13.7. The van der Waals surface area contributed by atoms with Crippen LogP contribution in [0.5, 0.6) is 5.88 Å². The van der Waals surface area contributed by atoms with E-state index in [1.54, 1.807) is 11.2 Å². The SMILES string of the molecule is CC(C)(C)N(C(=O)O)C1(c2ccc(-c3nc4c(cc3-c3ccccc3)-n3cnnc3CO4)cc2)CCC1.NC1(c2ccc(-c3nc4c(cc3-c3ccccc3)C(=O)CCC4)cc2)CCC1. The fourth-order valence-electron chi connectivity index (χ4n) is 10.1. The summed E-state index contributed by atoms with van der Waals surface area (Å²) in [5, 5.41) is 18.3. The molecule has 4 aromatic carbocycles. The highest BCUT2D eigenvalue weighted by Gasteiger charge is 2.50. The molecule has 328 valence electrons. The van der Waals surface area contributed by atoms with Crippen LogP contribution < -0.4 is 10.5 Å². The number of ketones is 1. The van der Waals surface area contributed by atoms with Crippen LogP contribution in [0.1, 0.15) is 105 Å². The molecule has 3 aliphatic carbocycles. The van der Waals surface area contributed by atoms with Gasteiger partial charge in [-0.25, -0.2) is 9.78 Å². The number of Topliss-reactive ketones (excluding diaryl/α,β-unsaturated/α-hetero) is 1. The van der Waals surface area contributed by atoms with Crippen molar-refractivity contribution in [3.63, 3.8) is 0 Å². The van der Waals surface area contributed by atoms with Gasteiger partial charge in [0.25, 0.3) is 0 Å². The molecular formula is C54H53N7O4. The van der Waals surface area contributed by atoms with Crippen molar-refractivity contribution in [2.45, 2.75) is 102 Å². The molecule has 0 atom stereocenters. The molecule has 2 saturated carbocycles. The lowest BCUT2D eigenvalue weighted by molar-refractivity contribution is -0.0328. The van der Waals surface area contributed by atoms with Crippen LogP contribution in [0, 0.1) is 0 Å². The van der Waals surface area contributed by atoms with Gasteiger partial charge in [0, 0.05) is 45.3 Å². The molecule has 11 heteroatoms. The Labute approximate surface area is 379 Å². The van der Waals surface area contributed by atoms with Gasteiger partial charge in [-0.05, 0) is 107 Å². The molecule has 1 aliphatic heterocycles. The van der Waals surface area contributed by atoms with E-state index in [4.69, 9.17) is 20.4 Å². The predicted molar refractivity (Wildman–Crippen MR) is 252 cm³/mol. The molecule has 0 bridgehead atoms. The molecule has 0 spiro atoms. The van der Waals surface area contributed by atoms with Crippen molar-refractivity contribution >= 4 is 11.9 Å². The molecule has 0 saturated heterocycles. The summed E-state index contributed by atoms with van der Waals surface area (Å²) >= 11 is 0. The van der Waals surface area contributed by atoms with E-state index in [2.05, 4.69) is 83.0 Å². The van der Waals surface area contributed by atoms with Crippen molar-refractivity contribution in [1.29, 1.82) is 0 Å². The van der Waals surface area contributed by atoms with E-state index in [-0.39, 0.29) is 11.3 Å². The fraction of sp³-hybridized carbons (Fsp3) is 0.296. The third-order valence-corrected chi connectivity index (χ3v) is 13.7. The zero-order valence-electron chi connectivity index (χ0n) is 37.1. The van der Waals surface area contributed by atoms with Gasteiger partial charge in [-0.3, -0.25) is 19.2 Å². The Kier molecular flexibility index (Phi) is 10.7. The second-order valence-corrected chi connectivity index (χ2v) is 18.8. The highest BCUT2D eigenvalue weighted by molar-refractivity contribution is 6.00. The predicted octanol–water partition coefficient (Wildman–Crippen LogP) is 11.3. The van der Waals surface area contributed by atoms with Gasteiger partial charge in [0.15, 0.2) is 18.2 Å². The first-order valence-electron chi connectivity index (χ1n) is 22.7. The number of carboxylic acid groups (broad SMARTS) is 1. The van der Waals surface area contributed by atoms with Gasteiger partial charge < -0.3 is 15.6 Å². The number of carbonyl (C=O) groups is 2. The minimum Gasteiger partial charge on any atom is -0.468 e. The number of benzene rings is 4. The van der Waals surface area contributed by atoms with E-state index in [1.807, 2.05) is 73.9 Å². The lowest BCUT2D eigenvalue weighted by atomic mass is 9.69. The molecule has 65 heavy (non-hydrogen) atoms. The van der Waals surface area contributed by atoms with Gasteiger partial charge in [0.2, 0.25) is 5.88 Å². The van der Waals surface area contributed by atoms with Crippen molar-refractivity contribution in [2.75, 3.05) is 0 Å². The average Bonchev–Trinajstić information content (AvgIpc) is 3.79. The van der Waals surface area contributed by atoms with E-state index >= 15 is 0 Å². The minimum atomic E-state index is -0.885. The highest BCUT2D eigenvalue weighted by Crippen LogP contribution is 2.50. The number of nitrogens with two attached hydrogens (primary N) is 1. The molecule has 7 aromatic rings. The van der Waals surface area contributed by atoms with Crippen molar-refractivity contribution in [3.8, 4) is 56.3 Å². The van der Waals surface area contributed by atoms with Gasteiger partial charge in [0.1, 0.15) is 12.0 Å². The summed E-state index contributed by atoms with van der Waals surface area (Å²) in [4.78, 5) is 36.4. The number of aromatic nitrogens is 5. The molecule has 11 rings (SSSR count). The van der Waals surface area contributed by atoms with E-state index in [0.717, 1.165) is 118 Å². The molecule has 11 nitrogen and oxygen atoms in total. The summed E-state index contributed by atoms with van der Waals surface area (Å²) in [6.45, 7) is 6.18. The molecule has 4 aliphatic rings. The van der Waals surface area contributed by atoms with Crippen LogP contribution in [-0.4, -0.2) is 52.2 Å². The van der Waals surface area contributed by atoms with Crippen molar-refractivity contribution in [2.24, 2.45) is 5.73 Å². The number of carbonyl (C=O) groups excluding carboxylic acids is 1. The van der Waals surface area contributed by atoms with E-state index in [0.29, 0.717) is 18.9 Å². The zero-order chi connectivity index (χ0) is 44.9. The summed E-state index contributed by atoms with van der Waals surface area (Å²) in [5.74, 6) is 1.48. The molecule has 0 radical (unpaired) electrons. The number of pyridine rings is 2. The van der Waals surface area contributed by atoms with Gasteiger partial charge >= 0.3 is 6.09 Å². The molecule has 1 amide bonds. The molecule has 0 unspecified atom stereocenters. The maximum atomic E-state index is 12.5. The van der Waals surface area contributed by atoms with Crippen molar-refractivity contribution in [1.82, 2.24) is 29.6 Å². The summed E-state index contributed by atoms with van der Waals surface area (Å²) in [6.07, 6.45) is 9.13. The second kappa shape index (κ2) is 16.5. The van der Waals surface area contributed by atoms with Gasteiger partial charge in [0.05, 0.1) is 22.6 Å². The van der Waals surface area contributed by atoms with Crippen LogP contribution in [-0.2, 0) is 24.1 Å². The van der Waals surface area contributed by atoms with E-state index < -0.39 is 17.2 Å². The Morgan fingerprint density at radius 1 is 0.708 bits per heavy atom. The molecule has 2 fully saturated rings. The third kappa shape index (κ3) is 7.67. The van der Waals surface area contributed by atoms with Crippen LogP contribution in [0.15, 0.2) is 128 Å². The van der Waals surface area contributed by atoms with Crippen LogP contribution in [0.3, 0.4) is 0 Å². The van der Waals surface area contributed by atoms with E-state index in [9.17, 15) is 14.7 Å². The number of aryl methyl sites for hydroxylation is 1. The Balaban J connectivity index is 0.000000159. The lowest BCUT2D eigenvalue weighted by Gasteiger charge is -2.54. The number of hydrogen-bond acceptors (Lipinski definition) is 8. The van der Waals surface area contributed by atoms with Crippen LogP contribution in [0.25, 0.3) is 50.5 Å². The summed E-state index contributed by atoms with van der Waals surface area (Å²) in [6, 6.07) is 41.3. The Morgan fingerprint density at radius 2 is 1.29 bits per heavy atom. The Hall–Kier alpha value is -6.98. The number of ether oxygens (including phenoxy) is 1.